The quantitative estimate of drug-likeness (QED) is 0.399. The fraction of sp³-hybridized carbons (Fsp3) is 0.611. The molecule has 1 heterocycles. The van der Waals surface area contributed by atoms with Crippen LogP contribution >= 0.6 is 24.0 Å². The predicted octanol–water partition coefficient (Wildman–Crippen LogP) is 3.35. The van der Waals surface area contributed by atoms with Gasteiger partial charge in [0.15, 0.2) is 5.96 Å². The summed E-state index contributed by atoms with van der Waals surface area (Å²) in [5, 5.41) is 6.67. The minimum atomic E-state index is 0. The van der Waals surface area contributed by atoms with Gasteiger partial charge in [-0.2, -0.15) is 0 Å². The largest absolute Gasteiger partial charge is 0.496 e. The van der Waals surface area contributed by atoms with Crippen LogP contribution in [0.25, 0.3) is 0 Å². The van der Waals surface area contributed by atoms with Gasteiger partial charge in [-0.15, -0.1) is 24.0 Å². The highest BCUT2D eigenvalue weighted by Crippen LogP contribution is 2.34. The zero-order valence-corrected chi connectivity index (χ0v) is 17.6. The molecule has 1 aromatic carbocycles. The molecular weight excluding hydrogens is 417 g/mol. The number of guanidine groups is 1. The van der Waals surface area contributed by atoms with Gasteiger partial charge in [-0.3, -0.25) is 4.99 Å². The Morgan fingerprint density at radius 1 is 1.38 bits per heavy atom. The van der Waals surface area contributed by atoms with Crippen molar-refractivity contribution in [2.75, 3.05) is 20.7 Å². The summed E-state index contributed by atoms with van der Waals surface area (Å²) in [6.07, 6.45) is 2.30. The van der Waals surface area contributed by atoms with Crippen molar-refractivity contribution in [3.05, 3.63) is 23.3 Å². The number of ether oxygens (including phenoxy) is 2. The van der Waals surface area contributed by atoms with Crippen molar-refractivity contribution in [3.63, 3.8) is 0 Å². The van der Waals surface area contributed by atoms with Crippen molar-refractivity contribution < 1.29 is 9.47 Å². The number of methoxy groups -OCH3 is 1. The summed E-state index contributed by atoms with van der Waals surface area (Å²) in [5.41, 5.74) is 2.30. The highest BCUT2D eigenvalue weighted by Gasteiger charge is 2.21. The zero-order chi connectivity index (χ0) is 16.8. The zero-order valence-electron chi connectivity index (χ0n) is 15.3. The van der Waals surface area contributed by atoms with E-state index in [0.717, 1.165) is 42.4 Å². The van der Waals surface area contributed by atoms with E-state index in [-0.39, 0.29) is 30.1 Å². The number of nitrogens with one attached hydrogen (secondary N) is 2. The molecule has 0 amide bonds. The van der Waals surface area contributed by atoms with Gasteiger partial charge in [0.25, 0.3) is 0 Å². The third-order valence-corrected chi connectivity index (χ3v) is 3.98. The first-order chi connectivity index (χ1) is 11.0. The standard InChI is InChI=1S/C18H29N3O2.HI/c1-12(2)6-7-20-18(19-4)21-11-15-10-17-14(8-13(3)23-17)9-16(15)22-5;/h9-10,12-13H,6-8,11H2,1-5H3,(H2,19,20,21);1H. The topological polar surface area (TPSA) is 54.9 Å². The first kappa shape index (κ1) is 20.9. The van der Waals surface area contributed by atoms with E-state index in [1.807, 2.05) is 0 Å². The van der Waals surface area contributed by atoms with Crippen LogP contribution < -0.4 is 20.1 Å². The molecule has 0 spiro atoms. The van der Waals surface area contributed by atoms with Crippen molar-refractivity contribution in [3.8, 4) is 11.5 Å². The number of hydrogen-bond donors (Lipinski definition) is 2. The SMILES string of the molecule is CN=C(NCCC(C)C)NCc1cc2c(cc1OC)CC(C)O2.I. The molecule has 0 fully saturated rings. The average Bonchev–Trinajstić information content (AvgIpc) is 2.88. The molecule has 1 aromatic rings. The van der Waals surface area contributed by atoms with E-state index in [9.17, 15) is 0 Å². The van der Waals surface area contributed by atoms with Gasteiger partial charge in [-0.1, -0.05) is 13.8 Å². The van der Waals surface area contributed by atoms with Gasteiger partial charge in [0.05, 0.1) is 7.11 Å². The molecule has 0 aliphatic carbocycles. The summed E-state index contributed by atoms with van der Waals surface area (Å²) in [6.45, 7) is 8.09. The Balaban J connectivity index is 0.00000288. The molecule has 1 aliphatic rings. The van der Waals surface area contributed by atoms with Crippen LogP contribution in [0.15, 0.2) is 17.1 Å². The van der Waals surface area contributed by atoms with Gasteiger partial charge in [-0.25, -0.2) is 0 Å². The number of fused-ring (bicyclic) bond motifs is 1. The lowest BCUT2D eigenvalue weighted by Gasteiger charge is -2.15. The van der Waals surface area contributed by atoms with Gasteiger partial charge in [0.1, 0.15) is 17.6 Å². The van der Waals surface area contributed by atoms with E-state index in [2.05, 4.69) is 48.5 Å². The molecule has 2 rings (SSSR count). The fourth-order valence-electron chi connectivity index (χ4n) is 2.69. The van der Waals surface area contributed by atoms with E-state index >= 15 is 0 Å². The number of aliphatic imine (C=N–C) groups is 1. The second-order valence-corrected chi connectivity index (χ2v) is 6.44. The van der Waals surface area contributed by atoms with Crippen LogP contribution in [0.4, 0.5) is 0 Å². The Morgan fingerprint density at radius 2 is 2.12 bits per heavy atom. The van der Waals surface area contributed by atoms with Crippen LogP contribution in [0.3, 0.4) is 0 Å². The van der Waals surface area contributed by atoms with Crippen molar-refractivity contribution >= 4 is 29.9 Å². The molecule has 0 saturated carbocycles. The maximum Gasteiger partial charge on any atom is 0.191 e. The van der Waals surface area contributed by atoms with E-state index in [1.165, 1.54) is 5.56 Å². The Labute approximate surface area is 162 Å². The molecule has 136 valence electrons. The summed E-state index contributed by atoms with van der Waals surface area (Å²) in [5.74, 6) is 3.35. The van der Waals surface area contributed by atoms with Gasteiger partial charge >= 0.3 is 0 Å². The molecule has 0 radical (unpaired) electrons. The molecule has 0 saturated heterocycles. The van der Waals surface area contributed by atoms with Gasteiger partial charge in [0.2, 0.25) is 0 Å². The van der Waals surface area contributed by atoms with Crippen LogP contribution in [0.2, 0.25) is 0 Å². The number of nitrogens with zero attached hydrogens (tertiary/aromatic N) is 1. The van der Waals surface area contributed by atoms with E-state index in [4.69, 9.17) is 9.47 Å². The highest BCUT2D eigenvalue weighted by atomic mass is 127. The van der Waals surface area contributed by atoms with Crippen LogP contribution in [-0.2, 0) is 13.0 Å². The van der Waals surface area contributed by atoms with Gasteiger partial charge < -0.3 is 20.1 Å². The minimum absolute atomic E-state index is 0. The first-order valence-electron chi connectivity index (χ1n) is 8.34. The van der Waals surface area contributed by atoms with Crippen LogP contribution in [-0.4, -0.2) is 32.8 Å². The van der Waals surface area contributed by atoms with Gasteiger partial charge in [-0.05, 0) is 31.4 Å². The van der Waals surface area contributed by atoms with Crippen molar-refractivity contribution in [2.45, 2.75) is 46.3 Å². The lowest BCUT2D eigenvalue weighted by Crippen LogP contribution is -2.37. The lowest BCUT2D eigenvalue weighted by atomic mass is 10.1. The number of halogens is 1. The van der Waals surface area contributed by atoms with Crippen molar-refractivity contribution in [2.24, 2.45) is 10.9 Å². The molecule has 1 atom stereocenters. The number of rotatable bonds is 6. The van der Waals surface area contributed by atoms with Crippen LogP contribution in [0.1, 0.15) is 38.3 Å². The maximum atomic E-state index is 5.84. The second kappa shape index (κ2) is 9.96. The van der Waals surface area contributed by atoms with Gasteiger partial charge in [0, 0.05) is 37.7 Å². The molecule has 2 N–H and O–H groups in total. The molecule has 0 aromatic heterocycles. The number of benzene rings is 1. The maximum absolute atomic E-state index is 5.84. The van der Waals surface area contributed by atoms with E-state index in [0.29, 0.717) is 12.5 Å². The Morgan fingerprint density at radius 3 is 2.75 bits per heavy atom. The fourth-order valence-corrected chi connectivity index (χ4v) is 2.69. The Hall–Kier alpha value is -1.18. The highest BCUT2D eigenvalue weighted by molar-refractivity contribution is 14.0. The molecule has 1 unspecified atom stereocenters. The Bertz CT molecular complexity index is 561. The first-order valence-corrected chi connectivity index (χ1v) is 8.34. The third kappa shape index (κ3) is 5.72. The summed E-state index contributed by atoms with van der Waals surface area (Å²) in [4.78, 5) is 4.26. The molecule has 6 heteroatoms. The summed E-state index contributed by atoms with van der Waals surface area (Å²) in [6, 6.07) is 4.16. The second-order valence-electron chi connectivity index (χ2n) is 6.44. The minimum Gasteiger partial charge on any atom is -0.496 e. The average molecular weight is 447 g/mol. The molecule has 1 aliphatic heterocycles. The van der Waals surface area contributed by atoms with Crippen LogP contribution in [0, 0.1) is 5.92 Å². The summed E-state index contributed by atoms with van der Waals surface area (Å²) in [7, 11) is 3.50. The summed E-state index contributed by atoms with van der Waals surface area (Å²) >= 11 is 0. The molecular formula is C18H30IN3O2. The predicted molar refractivity (Wildman–Crippen MR) is 110 cm³/mol. The molecule has 0 bridgehead atoms. The van der Waals surface area contributed by atoms with Crippen LogP contribution in [0.5, 0.6) is 11.5 Å². The third-order valence-electron chi connectivity index (χ3n) is 3.98. The summed E-state index contributed by atoms with van der Waals surface area (Å²) < 4.78 is 11.4. The normalized spacial score (nSPS) is 16.2. The molecule has 5 nitrogen and oxygen atoms in total. The lowest BCUT2D eigenvalue weighted by molar-refractivity contribution is 0.254. The Kier molecular flexibility index (Phi) is 8.66. The monoisotopic (exact) mass is 447 g/mol. The van der Waals surface area contributed by atoms with Crippen molar-refractivity contribution in [1.29, 1.82) is 0 Å². The van der Waals surface area contributed by atoms with E-state index < -0.39 is 0 Å². The van der Waals surface area contributed by atoms with Crippen molar-refractivity contribution in [1.82, 2.24) is 10.6 Å². The number of hydrogen-bond acceptors (Lipinski definition) is 3. The smallest absolute Gasteiger partial charge is 0.191 e. The molecule has 24 heavy (non-hydrogen) atoms. The van der Waals surface area contributed by atoms with E-state index in [1.54, 1.807) is 14.2 Å².